The molecule has 0 atom stereocenters. The number of amides is 1. The summed E-state index contributed by atoms with van der Waals surface area (Å²) in [5.41, 5.74) is 2.28. The normalized spacial score (nSPS) is 13.5. The Morgan fingerprint density at radius 1 is 1.27 bits per heavy atom. The van der Waals surface area contributed by atoms with Gasteiger partial charge >= 0.3 is 0 Å². The molecule has 0 saturated carbocycles. The fourth-order valence-electron chi connectivity index (χ4n) is 3.09. The van der Waals surface area contributed by atoms with Crippen LogP contribution in [-0.2, 0) is 4.74 Å². The van der Waals surface area contributed by atoms with E-state index >= 15 is 0 Å². The van der Waals surface area contributed by atoms with Crippen molar-refractivity contribution in [3.05, 3.63) is 62.7 Å². The maximum atomic E-state index is 12.4. The summed E-state index contributed by atoms with van der Waals surface area (Å²) in [7, 11) is 1.66. The molecule has 2 aromatic heterocycles. The summed E-state index contributed by atoms with van der Waals surface area (Å²) in [6, 6.07) is 10.2. The number of rotatable bonds is 4. The Hall–Kier alpha value is -2.93. The van der Waals surface area contributed by atoms with Crippen LogP contribution in [0, 0.1) is 6.92 Å². The van der Waals surface area contributed by atoms with Crippen molar-refractivity contribution >= 4 is 34.5 Å². The first kappa shape index (κ1) is 16.5. The Morgan fingerprint density at radius 2 is 2.08 bits per heavy atom. The van der Waals surface area contributed by atoms with Crippen molar-refractivity contribution in [1.82, 2.24) is 15.0 Å². The van der Waals surface area contributed by atoms with Gasteiger partial charge in [-0.1, -0.05) is 30.3 Å². The van der Waals surface area contributed by atoms with Gasteiger partial charge in [-0.2, -0.15) is 0 Å². The van der Waals surface area contributed by atoms with Crippen LogP contribution in [0.5, 0.6) is 0 Å². The Bertz CT molecular complexity index is 1080. The molecule has 0 fully saturated rings. The van der Waals surface area contributed by atoms with Gasteiger partial charge in [0.15, 0.2) is 0 Å². The van der Waals surface area contributed by atoms with Crippen LogP contribution in [0.4, 0.5) is 5.95 Å². The molecule has 0 saturated heterocycles. The second-order valence-electron chi connectivity index (χ2n) is 5.98. The van der Waals surface area contributed by atoms with Crippen molar-refractivity contribution in [3.8, 4) is 0 Å². The average Bonchev–Trinajstić information content (AvgIpc) is 3.27. The summed E-state index contributed by atoms with van der Waals surface area (Å²) in [5, 5.41) is 5.33. The number of aryl methyl sites for hydroxylation is 1. The fourth-order valence-corrected chi connectivity index (χ4v) is 3.77. The third-order valence-electron chi connectivity index (χ3n) is 4.32. The lowest BCUT2D eigenvalue weighted by Gasteiger charge is -2.13. The maximum absolute atomic E-state index is 12.4. The summed E-state index contributed by atoms with van der Waals surface area (Å²) in [6.07, 6.45) is 3.20. The third-order valence-corrected chi connectivity index (χ3v) is 5.23. The van der Waals surface area contributed by atoms with E-state index in [1.807, 2.05) is 25.1 Å². The molecule has 0 spiro atoms. The molecule has 26 heavy (non-hydrogen) atoms. The van der Waals surface area contributed by atoms with Gasteiger partial charge < -0.3 is 9.72 Å². The molecule has 6 nitrogen and oxygen atoms in total. The van der Waals surface area contributed by atoms with Crippen LogP contribution < -0.4 is 16.0 Å². The van der Waals surface area contributed by atoms with Crippen molar-refractivity contribution in [2.75, 3.05) is 12.4 Å². The highest BCUT2D eigenvalue weighted by Crippen LogP contribution is 2.22. The minimum Gasteiger partial charge on any atom is -0.499 e. The molecule has 0 bridgehead atoms. The SMILES string of the molecule is COC1=c2[nH]c(NC(=O)c3cnc(C)s3)nc2=C(c2ccccc2)CC1. The summed E-state index contributed by atoms with van der Waals surface area (Å²) >= 11 is 1.35. The predicted octanol–water partition coefficient (Wildman–Crippen LogP) is 2.17. The molecule has 132 valence electrons. The quantitative estimate of drug-likeness (QED) is 0.742. The number of aromatic amines is 1. The molecule has 3 aromatic rings. The lowest BCUT2D eigenvalue weighted by molar-refractivity contribution is 0.102. The van der Waals surface area contributed by atoms with Gasteiger partial charge in [-0.15, -0.1) is 11.3 Å². The van der Waals surface area contributed by atoms with Crippen LogP contribution in [-0.4, -0.2) is 28.0 Å². The largest absolute Gasteiger partial charge is 0.499 e. The van der Waals surface area contributed by atoms with E-state index in [1.54, 1.807) is 13.3 Å². The Kier molecular flexibility index (Phi) is 4.30. The number of hydrogen-bond donors (Lipinski definition) is 2. The molecule has 2 N–H and O–H groups in total. The fraction of sp³-hybridized carbons (Fsp3) is 0.211. The number of thiazole rings is 1. The zero-order valence-electron chi connectivity index (χ0n) is 14.5. The first-order chi connectivity index (χ1) is 12.7. The first-order valence-corrected chi connectivity index (χ1v) is 9.13. The molecule has 7 heteroatoms. The van der Waals surface area contributed by atoms with Crippen molar-refractivity contribution in [2.24, 2.45) is 0 Å². The molecular weight excluding hydrogens is 348 g/mol. The summed E-state index contributed by atoms with van der Waals surface area (Å²) in [6.45, 7) is 1.87. The number of fused-ring (bicyclic) bond motifs is 1. The number of carbonyl (C=O) groups is 1. The highest BCUT2D eigenvalue weighted by atomic mass is 32.1. The van der Waals surface area contributed by atoms with Crippen molar-refractivity contribution in [3.63, 3.8) is 0 Å². The molecule has 1 aliphatic carbocycles. The number of H-pyrrole nitrogens is 1. The van der Waals surface area contributed by atoms with E-state index in [0.717, 1.165) is 45.4 Å². The number of carbonyl (C=O) groups excluding carboxylic acids is 1. The lowest BCUT2D eigenvalue weighted by atomic mass is 9.97. The Morgan fingerprint density at radius 3 is 2.77 bits per heavy atom. The molecule has 4 rings (SSSR count). The van der Waals surface area contributed by atoms with Gasteiger partial charge in [0.05, 0.1) is 23.7 Å². The molecule has 1 amide bonds. The summed E-state index contributed by atoms with van der Waals surface area (Å²) in [5.74, 6) is 1.04. The zero-order valence-corrected chi connectivity index (χ0v) is 15.3. The van der Waals surface area contributed by atoms with Crippen LogP contribution in [0.1, 0.15) is 33.1 Å². The van der Waals surface area contributed by atoms with E-state index in [2.05, 4.69) is 32.4 Å². The third kappa shape index (κ3) is 3.01. The average molecular weight is 366 g/mol. The van der Waals surface area contributed by atoms with Gasteiger partial charge in [0.1, 0.15) is 16.0 Å². The molecule has 0 aliphatic heterocycles. The second-order valence-corrected chi connectivity index (χ2v) is 7.21. The van der Waals surface area contributed by atoms with Crippen molar-refractivity contribution < 1.29 is 9.53 Å². The minimum absolute atomic E-state index is 0.220. The smallest absolute Gasteiger partial charge is 0.269 e. The van der Waals surface area contributed by atoms with Gasteiger partial charge in [-0.05, 0) is 24.5 Å². The maximum Gasteiger partial charge on any atom is 0.269 e. The summed E-state index contributed by atoms with van der Waals surface area (Å²) in [4.78, 5) is 24.9. The van der Waals surface area contributed by atoms with E-state index in [0.29, 0.717) is 10.8 Å². The van der Waals surface area contributed by atoms with Gasteiger partial charge in [0.25, 0.3) is 5.91 Å². The van der Waals surface area contributed by atoms with Crippen LogP contribution in [0.25, 0.3) is 11.3 Å². The molecule has 0 unspecified atom stereocenters. The van der Waals surface area contributed by atoms with Crippen molar-refractivity contribution in [2.45, 2.75) is 19.8 Å². The Labute approximate surface area is 154 Å². The van der Waals surface area contributed by atoms with E-state index < -0.39 is 0 Å². The van der Waals surface area contributed by atoms with Gasteiger partial charge in [0.2, 0.25) is 5.95 Å². The minimum atomic E-state index is -0.220. The van der Waals surface area contributed by atoms with Crippen LogP contribution in [0.2, 0.25) is 0 Å². The highest BCUT2D eigenvalue weighted by molar-refractivity contribution is 7.13. The Balaban J connectivity index is 1.79. The van der Waals surface area contributed by atoms with Crippen LogP contribution in [0.15, 0.2) is 36.5 Å². The standard InChI is InChI=1S/C19H18N4O2S/c1-11-20-10-15(26-11)18(24)23-19-21-16-13(12-6-4-3-5-7-12)8-9-14(25-2)17(16)22-19/h3-7,10H,8-9H2,1-2H3,(H2,21,22,23,24). The highest BCUT2D eigenvalue weighted by Gasteiger charge is 2.18. The first-order valence-electron chi connectivity index (χ1n) is 8.31. The van der Waals surface area contributed by atoms with E-state index in [-0.39, 0.29) is 5.91 Å². The zero-order chi connectivity index (χ0) is 18.1. The predicted molar refractivity (Wildman–Crippen MR) is 101 cm³/mol. The number of ether oxygens (including phenoxy) is 1. The molecule has 0 radical (unpaired) electrons. The number of nitrogens with one attached hydrogen (secondary N) is 2. The number of hydrogen-bond acceptors (Lipinski definition) is 5. The number of nitrogens with zero attached hydrogens (tertiary/aromatic N) is 2. The molecular formula is C19H18N4O2S. The van der Waals surface area contributed by atoms with Gasteiger partial charge in [0, 0.05) is 6.42 Å². The van der Waals surface area contributed by atoms with Gasteiger partial charge in [-0.25, -0.2) is 9.97 Å². The van der Waals surface area contributed by atoms with Crippen LogP contribution in [0.3, 0.4) is 0 Å². The number of methoxy groups -OCH3 is 1. The van der Waals surface area contributed by atoms with E-state index in [4.69, 9.17) is 4.74 Å². The number of benzene rings is 1. The molecule has 2 heterocycles. The van der Waals surface area contributed by atoms with Gasteiger partial charge in [-0.3, -0.25) is 10.1 Å². The lowest BCUT2D eigenvalue weighted by Crippen LogP contribution is -2.33. The second kappa shape index (κ2) is 6.76. The van der Waals surface area contributed by atoms with E-state index in [9.17, 15) is 4.79 Å². The summed E-state index contributed by atoms with van der Waals surface area (Å²) < 4.78 is 5.52. The topological polar surface area (TPSA) is 79.9 Å². The molecule has 1 aliphatic rings. The number of aromatic nitrogens is 3. The van der Waals surface area contributed by atoms with Crippen LogP contribution >= 0.6 is 11.3 Å². The number of anilines is 1. The molecule has 1 aromatic carbocycles. The number of imidazole rings is 1. The van der Waals surface area contributed by atoms with E-state index in [1.165, 1.54) is 11.3 Å². The monoisotopic (exact) mass is 366 g/mol. The van der Waals surface area contributed by atoms with Crippen molar-refractivity contribution in [1.29, 1.82) is 0 Å².